The Morgan fingerprint density at radius 2 is 1.64 bits per heavy atom. The van der Waals surface area contributed by atoms with E-state index in [1.54, 1.807) is 0 Å². The fourth-order valence-corrected chi connectivity index (χ4v) is 3.03. The SMILES string of the molecule is N#Cc1ccccc1Cn1c(-c2ccc(N)cc2)nc2ccccc21. The lowest BCUT2D eigenvalue weighted by Crippen LogP contribution is -2.04. The fourth-order valence-electron chi connectivity index (χ4n) is 3.03. The van der Waals surface area contributed by atoms with Crippen LogP contribution in [0.25, 0.3) is 22.4 Å². The summed E-state index contributed by atoms with van der Waals surface area (Å²) in [7, 11) is 0. The van der Waals surface area contributed by atoms with Crippen molar-refractivity contribution in [2.75, 3.05) is 5.73 Å². The molecule has 4 aromatic rings. The molecule has 4 rings (SSSR count). The summed E-state index contributed by atoms with van der Waals surface area (Å²) in [4.78, 5) is 4.80. The minimum absolute atomic E-state index is 0.587. The number of aromatic nitrogens is 2. The van der Waals surface area contributed by atoms with Crippen LogP contribution in [0.5, 0.6) is 0 Å². The summed E-state index contributed by atoms with van der Waals surface area (Å²) >= 11 is 0. The van der Waals surface area contributed by atoms with Gasteiger partial charge in [-0.2, -0.15) is 5.26 Å². The second-order valence-corrected chi connectivity index (χ2v) is 5.90. The van der Waals surface area contributed by atoms with Crippen molar-refractivity contribution in [1.29, 1.82) is 5.26 Å². The van der Waals surface area contributed by atoms with Gasteiger partial charge < -0.3 is 10.3 Å². The molecule has 25 heavy (non-hydrogen) atoms. The van der Waals surface area contributed by atoms with Crippen LogP contribution in [0.3, 0.4) is 0 Å². The van der Waals surface area contributed by atoms with Crippen LogP contribution in [0, 0.1) is 11.3 Å². The third kappa shape index (κ3) is 2.73. The van der Waals surface area contributed by atoms with Gasteiger partial charge in [-0.1, -0.05) is 30.3 Å². The standard InChI is InChI=1S/C21H16N4/c22-13-16-5-1-2-6-17(16)14-25-20-8-4-3-7-19(20)24-21(25)15-9-11-18(23)12-10-15/h1-12H,14,23H2. The summed E-state index contributed by atoms with van der Waals surface area (Å²) in [5.41, 5.74) is 11.2. The van der Waals surface area contributed by atoms with Crippen LogP contribution >= 0.6 is 0 Å². The van der Waals surface area contributed by atoms with Crippen molar-refractivity contribution in [3.63, 3.8) is 0 Å². The van der Waals surface area contributed by atoms with Crippen molar-refractivity contribution >= 4 is 16.7 Å². The molecule has 1 aromatic heterocycles. The van der Waals surface area contributed by atoms with Crippen molar-refractivity contribution in [3.05, 3.63) is 83.9 Å². The lowest BCUT2D eigenvalue weighted by molar-refractivity contribution is 0.832. The molecule has 120 valence electrons. The van der Waals surface area contributed by atoms with Crippen LogP contribution < -0.4 is 5.73 Å². The molecule has 0 fully saturated rings. The van der Waals surface area contributed by atoms with Gasteiger partial charge in [0, 0.05) is 11.3 Å². The first kappa shape index (κ1) is 15.0. The molecule has 0 radical (unpaired) electrons. The number of nitrogens with two attached hydrogens (primary N) is 1. The quantitative estimate of drug-likeness (QED) is 0.574. The van der Waals surface area contributed by atoms with Gasteiger partial charge in [-0.25, -0.2) is 4.98 Å². The number of anilines is 1. The predicted molar refractivity (Wildman–Crippen MR) is 99.8 cm³/mol. The van der Waals surface area contributed by atoms with Crippen LogP contribution in [0.4, 0.5) is 5.69 Å². The molecule has 0 aliphatic carbocycles. The average Bonchev–Trinajstić information content (AvgIpc) is 3.01. The Labute approximate surface area is 145 Å². The molecule has 0 bridgehead atoms. The van der Waals surface area contributed by atoms with Crippen molar-refractivity contribution < 1.29 is 0 Å². The zero-order valence-corrected chi connectivity index (χ0v) is 13.6. The Hall–Kier alpha value is -3.58. The first-order valence-electron chi connectivity index (χ1n) is 8.05. The van der Waals surface area contributed by atoms with E-state index in [0.29, 0.717) is 12.1 Å². The number of fused-ring (bicyclic) bond motifs is 1. The van der Waals surface area contributed by atoms with E-state index in [1.165, 1.54) is 0 Å². The van der Waals surface area contributed by atoms with Gasteiger partial charge in [0.15, 0.2) is 0 Å². The molecule has 0 atom stereocenters. The van der Waals surface area contributed by atoms with E-state index in [0.717, 1.165) is 33.7 Å². The van der Waals surface area contributed by atoms with Gasteiger partial charge in [-0.3, -0.25) is 0 Å². The molecule has 0 aliphatic heterocycles. The Morgan fingerprint density at radius 1 is 0.920 bits per heavy atom. The Kier molecular flexibility index (Phi) is 3.68. The monoisotopic (exact) mass is 324 g/mol. The van der Waals surface area contributed by atoms with Gasteiger partial charge in [0.2, 0.25) is 0 Å². The largest absolute Gasteiger partial charge is 0.399 e. The molecule has 1 heterocycles. The Morgan fingerprint density at radius 3 is 2.44 bits per heavy atom. The highest BCUT2D eigenvalue weighted by Gasteiger charge is 2.14. The van der Waals surface area contributed by atoms with E-state index in [4.69, 9.17) is 10.7 Å². The van der Waals surface area contributed by atoms with E-state index in [2.05, 4.69) is 16.7 Å². The maximum Gasteiger partial charge on any atom is 0.141 e. The molecule has 3 aromatic carbocycles. The Bertz CT molecular complexity index is 1090. The maximum atomic E-state index is 9.39. The van der Waals surface area contributed by atoms with E-state index < -0.39 is 0 Å². The second-order valence-electron chi connectivity index (χ2n) is 5.90. The number of imidazole rings is 1. The highest BCUT2D eigenvalue weighted by Crippen LogP contribution is 2.27. The number of para-hydroxylation sites is 2. The van der Waals surface area contributed by atoms with Crippen molar-refractivity contribution in [3.8, 4) is 17.5 Å². The van der Waals surface area contributed by atoms with Crippen molar-refractivity contribution in [1.82, 2.24) is 9.55 Å². The molecule has 0 unspecified atom stereocenters. The summed E-state index contributed by atoms with van der Waals surface area (Å²) in [6, 6.07) is 25.7. The summed E-state index contributed by atoms with van der Waals surface area (Å²) in [5, 5.41) is 9.39. The van der Waals surface area contributed by atoms with Gasteiger partial charge in [0.1, 0.15) is 5.82 Å². The molecular weight excluding hydrogens is 308 g/mol. The average molecular weight is 324 g/mol. The van der Waals surface area contributed by atoms with Gasteiger partial charge >= 0.3 is 0 Å². The maximum absolute atomic E-state index is 9.39. The number of hydrogen-bond donors (Lipinski definition) is 1. The zero-order valence-electron chi connectivity index (χ0n) is 13.6. The molecule has 4 heteroatoms. The smallest absolute Gasteiger partial charge is 0.141 e. The topological polar surface area (TPSA) is 67.6 Å². The minimum Gasteiger partial charge on any atom is -0.399 e. The van der Waals surface area contributed by atoms with Gasteiger partial charge in [-0.05, 0) is 48.0 Å². The third-order valence-corrected chi connectivity index (χ3v) is 4.29. The molecule has 0 spiro atoms. The summed E-state index contributed by atoms with van der Waals surface area (Å²) in [6.07, 6.45) is 0. The summed E-state index contributed by atoms with van der Waals surface area (Å²) in [6.45, 7) is 0.587. The van der Waals surface area contributed by atoms with Crippen LogP contribution in [0.15, 0.2) is 72.8 Å². The second kappa shape index (κ2) is 6.14. The first-order chi connectivity index (χ1) is 12.3. The number of benzene rings is 3. The Balaban J connectivity index is 1.91. The first-order valence-corrected chi connectivity index (χ1v) is 8.05. The van der Waals surface area contributed by atoms with Gasteiger partial charge in [-0.15, -0.1) is 0 Å². The van der Waals surface area contributed by atoms with Crippen LogP contribution in [-0.4, -0.2) is 9.55 Å². The number of rotatable bonds is 3. The molecule has 2 N–H and O–H groups in total. The van der Waals surface area contributed by atoms with Crippen LogP contribution in [-0.2, 0) is 6.54 Å². The minimum atomic E-state index is 0.587. The normalized spacial score (nSPS) is 10.7. The van der Waals surface area contributed by atoms with Gasteiger partial charge in [0.25, 0.3) is 0 Å². The van der Waals surface area contributed by atoms with E-state index in [9.17, 15) is 5.26 Å². The van der Waals surface area contributed by atoms with Crippen LogP contribution in [0.2, 0.25) is 0 Å². The molecule has 4 nitrogen and oxygen atoms in total. The lowest BCUT2D eigenvalue weighted by Gasteiger charge is -2.11. The number of nitrogens with zero attached hydrogens (tertiary/aromatic N) is 3. The fraction of sp³-hybridized carbons (Fsp3) is 0.0476. The highest BCUT2D eigenvalue weighted by molar-refractivity contribution is 5.81. The molecule has 0 saturated heterocycles. The van der Waals surface area contributed by atoms with Crippen molar-refractivity contribution in [2.24, 2.45) is 0 Å². The van der Waals surface area contributed by atoms with Gasteiger partial charge in [0.05, 0.1) is 29.2 Å². The summed E-state index contributed by atoms with van der Waals surface area (Å²) < 4.78 is 2.15. The van der Waals surface area contributed by atoms with E-state index in [1.807, 2.05) is 66.7 Å². The lowest BCUT2D eigenvalue weighted by atomic mass is 10.1. The van der Waals surface area contributed by atoms with E-state index in [-0.39, 0.29) is 0 Å². The zero-order chi connectivity index (χ0) is 17.2. The highest BCUT2D eigenvalue weighted by atomic mass is 15.1. The molecule has 0 saturated carbocycles. The predicted octanol–water partition coefficient (Wildman–Crippen LogP) is 4.21. The van der Waals surface area contributed by atoms with Crippen LogP contribution in [0.1, 0.15) is 11.1 Å². The molecular formula is C21H16N4. The summed E-state index contributed by atoms with van der Waals surface area (Å²) in [5.74, 6) is 0.869. The number of hydrogen-bond acceptors (Lipinski definition) is 3. The third-order valence-electron chi connectivity index (χ3n) is 4.29. The van der Waals surface area contributed by atoms with Crippen molar-refractivity contribution in [2.45, 2.75) is 6.54 Å². The molecule has 0 amide bonds. The number of nitrogen functional groups attached to an aromatic ring is 1. The molecule has 0 aliphatic rings. The number of nitriles is 1. The van der Waals surface area contributed by atoms with E-state index >= 15 is 0 Å².